The Balaban J connectivity index is 1.53. The van der Waals surface area contributed by atoms with Gasteiger partial charge in [0.25, 0.3) is 0 Å². The van der Waals surface area contributed by atoms with Crippen molar-refractivity contribution in [3.8, 4) is 0 Å². The SMILES string of the molecule is Cn1ccc([C@]2(O)CC[C@]3(O)[C@@H]4CC[C@]5(O)C[C@@](C)(O)CC[C@]5(C)[C@H]4CC[C@]23C)c1. The van der Waals surface area contributed by atoms with E-state index in [2.05, 4.69) is 13.8 Å². The molecule has 30 heavy (non-hydrogen) atoms. The second-order valence-corrected chi connectivity index (χ2v) is 12.1. The molecule has 5 nitrogen and oxygen atoms in total. The lowest BCUT2D eigenvalue weighted by Crippen LogP contribution is -2.69. The summed E-state index contributed by atoms with van der Waals surface area (Å²) in [5.41, 5.74) is -3.66. The molecule has 8 atom stereocenters. The average Bonchev–Trinajstić information content (AvgIpc) is 3.18. The molecule has 4 fully saturated rings. The van der Waals surface area contributed by atoms with E-state index in [0.717, 1.165) is 31.2 Å². The van der Waals surface area contributed by atoms with Gasteiger partial charge in [0, 0.05) is 36.8 Å². The number of hydrogen-bond acceptors (Lipinski definition) is 4. The van der Waals surface area contributed by atoms with Gasteiger partial charge in [-0.1, -0.05) is 13.8 Å². The van der Waals surface area contributed by atoms with Gasteiger partial charge in [-0.2, -0.15) is 0 Å². The van der Waals surface area contributed by atoms with Crippen LogP contribution in [-0.2, 0) is 12.6 Å². The number of rotatable bonds is 1. The number of fused-ring (bicyclic) bond motifs is 5. The second kappa shape index (κ2) is 5.92. The van der Waals surface area contributed by atoms with Crippen molar-refractivity contribution in [2.24, 2.45) is 29.7 Å². The highest BCUT2D eigenvalue weighted by Crippen LogP contribution is 2.72. The molecule has 4 aliphatic rings. The maximum absolute atomic E-state index is 12.3. The van der Waals surface area contributed by atoms with E-state index in [4.69, 9.17) is 0 Å². The molecule has 0 aromatic carbocycles. The van der Waals surface area contributed by atoms with Crippen molar-refractivity contribution in [1.82, 2.24) is 4.57 Å². The fourth-order valence-corrected chi connectivity index (χ4v) is 8.67. The summed E-state index contributed by atoms with van der Waals surface area (Å²) >= 11 is 0. The summed E-state index contributed by atoms with van der Waals surface area (Å²) in [7, 11) is 1.97. The predicted molar refractivity (Wildman–Crippen MR) is 115 cm³/mol. The Morgan fingerprint density at radius 2 is 1.57 bits per heavy atom. The van der Waals surface area contributed by atoms with E-state index in [9.17, 15) is 20.4 Å². The molecule has 4 N–H and O–H groups in total. The minimum absolute atomic E-state index is 0.0716. The zero-order chi connectivity index (χ0) is 21.8. The van der Waals surface area contributed by atoms with E-state index in [1.807, 2.05) is 37.0 Å². The molecular formula is C25H39NO4. The second-order valence-electron chi connectivity index (χ2n) is 12.1. The van der Waals surface area contributed by atoms with Gasteiger partial charge in [0.05, 0.1) is 22.4 Å². The van der Waals surface area contributed by atoms with Gasteiger partial charge in [-0.15, -0.1) is 0 Å². The first-order valence-corrected chi connectivity index (χ1v) is 11.8. The highest BCUT2D eigenvalue weighted by Gasteiger charge is 2.74. The van der Waals surface area contributed by atoms with Crippen LogP contribution >= 0.6 is 0 Å². The van der Waals surface area contributed by atoms with E-state index in [-0.39, 0.29) is 17.3 Å². The summed E-state index contributed by atoms with van der Waals surface area (Å²) in [5.74, 6) is 0.283. The monoisotopic (exact) mass is 417 g/mol. The fraction of sp³-hybridized carbons (Fsp3) is 0.840. The van der Waals surface area contributed by atoms with Crippen LogP contribution in [0, 0.1) is 22.7 Å². The zero-order valence-corrected chi connectivity index (χ0v) is 19.0. The highest BCUT2D eigenvalue weighted by molar-refractivity contribution is 5.32. The molecule has 0 amide bonds. The Morgan fingerprint density at radius 1 is 0.867 bits per heavy atom. The molecule has 1 heterocycles. The van der Waals surface area contributed by atoms with Gasteiger partial charge in [-0.25, -0.2) is 0 Å². The Morgan fingerprint density at radius 3 is 2.23 bits per heavy atom. The molecule has 1 aromatic heterocycles. The normalized spacial score (nSPS) is 55.6. The molecule has 0 unspecified atom stereocenters. The third-order valence-electron chi connectivity index (χ3n) is 10.7. The number of hydrogen-bond donors (Lipinski definition) is 4. The topological polar surface area (TPSA) is 85.9 Å². The third kappa shape index (κ3) is 2.33. The van der Waals surface area contributed by atoms with Crippen LogP contribution in [-0.4, -0.2) is 41.8 Å². The molecule has 4 aliphatic carbocycles. The van der Waals surface area contributed by atoms with Crippen LogP contribution in [0.2, 0.25) is 0 Å². The first-order chi connectivity index (χ1) is 13.8. The van der Waals surface area contributed by atoms with Crippen LogP contribution in [0.25, 0.3) is 0 Å². The predicted octanol–water partition coefficient (Wildman–Crippen LogP) is 3.24. The summed E-state index contributed by atoms with van der Waals surface area (Å²) in [5, 5.41) is 46.6. The quantitative estimate of drug-likeness (QED) is 0.565. The Hall–Kier alpha value is -0.880. The lowest BCUT2D eigenvalue weighted by atomic mass is 9.41. The standard InChI is InChI=1S/C25H39NO4/c1-20(27)10-11-21(2)18-5-8-22(3)24(29,17-7-14-26(4)15-17)12-13-25(22,30)19(18)6-9-23(21,28)16-20/h7,14-15,18-19,27-30H,5-6,8-13,16H2,1-4H3/t18-,19+,20-,21+,22+,23-,24+,25-/m0/s1. The Bertz CT molecular complexity index is 865. The summed E-state index contributed by atoms with van der Waals surface area (Å²) in [6.07, 6.45) is 10.0. The van der Waals surface area contributed by atoms with Gasteiger partial charge < -0.3 is 25.0 Å². The minimum Gasteiger partial charge on any atom is -0.390 e. The first kappa shape index (κ1) is 21.0. The molecule has 0 aliphatic heterocycles. The molecule has 168 valence electrons. The summed E-state index contributed by atoms with van der Waals surface area (Å²) < 4.78 is 1.97. The molecule has 4 saturated carbocycles. The molecule has 0 spiro atoms. The Kier molecular flexibility index (Phi) is 4.14. The van der Waals surface area contributed by atoms with Crippen molar-refractivity contribution in [1.29, 1.82) is 0 Å². The maximum Gasteiger partial charge on any atom is 0.0993 e. The van der Waals surface area contributed by atoms with Crippen molar-refractivity contribution in [3.63, 3.8) is 0 Å². The third-order valence-corrected chi connectivity index (χ3v) is 10.7. The number of aliphatic hydroxyl groups is 4. The first-order valence-electron chi connectivity index (χ1n) is 11.8. The molecule has 0 saturated heterocycles. The van der Waals surface area contributed by atoms with Gasteiger partial charge in [-0.05, 0) is 81.6 Å². The van der Waals surface area contributed by atoms with Crippen LogP contribution in [0.1, 0.15) is 84.1 Å². The van der Waals surface area contributed by atoms with Crippen LogP contribution in [0.5, 0.6) is 0 Å². The lowest BCUT2D eigenvalue weighted by Gasteiger charge is -2.67. The van der Waals surface area contributed by atoms with Crippen molar-refractivity contribution < 1.29 is 20.4 Å². The van der Waals surface area contributed by atoms with Crippen LogP contribution in [0.15, 0.2) is 18.5 Å². The van der Waals surface area contributed by atoms with Gasteiger partial charge in [0.2, 0.25) is 0 Å². The molecule has 1 aromatic rings. The van der Waals surface area contributed by atoms with Gasteiger partial charge in [-0.3, -0.25) is 0 Å². The van der Waals surface area contributed by atoms with Gasteiger partial charge in [0.1, 0.15) is 0 Å². The van der Waals surface area contributed by atoms with E-state index in [1.54, 1.807) is 0 Å². The molecule has 0 radical (unpaired) electrons. The molecule has 5 heteroatoms. The molecular weight excluding hydrogens is 378 g/mol. The van der Waals surface area contributed by atoms with Crippen molar-refractivity contribution in [3.05, 3.63) is 24.0 Å². The van der Waals surface area contributed by atoms with E-state index in [1.165, 1.54) is 0 Å². The fourth-order valence-electron chi connectivity index (χ4n) is 8.67. The number of aromatic nitrogens is 1. The summed E-state index contributed by atoms with van der Waals surface area (Å²) in [4.78, 5) is 0. The van der Waals surface area contributed by atoms with E-state index >= 15 is 0 Å². The Labute approximate surface area is 180 Å². The average molecular weight is 418 g/mol. The van der Waals surface area contributed by atoms with Crippen LogP contribution in [0.4, 0.5) is 0 Å². The van der Waals surface area contributed by atoms with Crippen molar-refractivity contribution in [2.45, 2.75) is 101 Å². The smallest absolute Gasteiger partial charge is 0.0993 e. The van der Waals surface area contributed by atoms with E-state index < -0.39 is 27.8 Å². The molecule has 5 rings (SSSR count). The van der Waals surface area contributed by atoms with Crippen LogP contribution in [0.3, 0.4) is 0 Å². The summed E-state index contributed by atoms with van der Waals surface area (Å²) in [6, 6.07) is 1.99. The minimum atomic E-state index is -1.03. The lowest BCUT2D eigenvalue weighted by molar-refractivity contribution is -0.276. The molecule has 0 bridgehead atoms. The maximum atomic E-state index is 12.3. The van der Waals surface area contributed by atoms with Gasteiger partial charge in [0.15, 0.2) is 0 Å². The summed E-state index contributed by atoms with van der Waals surface area (Å²) in [6.45, 7) is 6.14. The van der Waals surface area contributed by atoms with Gasteiger partial charge >= 0.3 is 0 Å². The number of aryl methyl sites for hydroxylation is 1. The van der Waals surface area contributed by atoms with Crippen molar-refractivity contribution in [2.75, 3.05) is 0 Å². The zero-order valence-electron chi connectivity index (χ0n) is 19.0. The highest BCUT2D eigenvalue weighted by atomic mass is 16.3. The van der Waals surface area contributed by atoms with E-state index in [0.29, 0.717) is 32.1 Å². The van der Waals surface area contributed by atoms with Crippen molar-refractivity contribution >= 4 is 0 Å². The number of nitrogens with zero attached hydrogens (tertiary/aromatic N) is 1. The van der Waals surface area contributed by atoms with Crippen LogP contribution < -0.4 is 0 Å². The largest absolute Gasteiger partial charge is 0.390 e.